The van der Waals surface area contributed by atoms with E-state index in [2.05, 4.69) is 13.8 Å². The lowest BCUT2D eigenvalue weighted by Crippen LogP contribution is -2.38. The largest absolute Gasteiger partial charge is 0.397 e. The quantitative estimate of drug-likeness (QED) is 0.915. The Morgan fingerprint density at radius 1 is 1.48 bits per heavy atom. The van der Waals surface area contributed by atoms with Gasteiger partial charge in [-0.15, -0.1) is 11.3 Å². The summed E-state index contributed by atoms with van der Waals surface area (Å²) in [7, 11) is 0. The molecule has 1 fully saturated rings. The smallest absolute Gasteiger partial charge is 0.266 e. The summed E-state index contributed by atoms with van der Waals surface area (Å²) < 4.78 is 14.2. The highest BCUT2D eigenvalue weighted by Crippen LogP contribution is 2.36. The molecular weight excluding hydrogens is 287 g/mol. The number of likely N-dealkylation sites (tertiary alicyclic amines) is 1. The van der Waals surface area contributed by atoms with Gasteiger partial charge in [0.05, 0.1) is 5.69 Å². The molecule has 3 nitrogen and oxygen atoms in total. The van der Waals surface area contributed by atoms with E-state index in [1.54, 1.807) is 6.07 Å². The number of nitrogen functional groups attached to an aromatic ring is 1. The molecule has 21 heavy (non-hydrogen) atoms. The number of fused-ring (bicyclic) bond motifs is 1. The van der Waals surface area contributed by atoms with Crippen LogP contribution in [0.1, 0.15) is 36.4 Å². The minimum absolute atomic E-state index is 0.00897. The lowest BCUT2D eigenvalue weighted by Gasteiger charge is -2.27. The predicted molar refractivity (Wildman–Crippen MR) is 85.1 cm³/mol. The van der Waals surface area contributed by atoms with Gasteiger partial charge in [0.25, 0.3) is 5.91 Å². The highest BCUT2D eigenvalue weighted by molar-refractivity contribution is 7.21. The number of thiophene rings is 1. The van der Waals surface area contributed by atoms with Gasteiger partial charge < -0.3 is 10.6 Å². The van der Waals surface area contributed by atoms with Crippen molar-refractivity contribution >= 4 is 33.0 Å². The standard InChI is InChI=1S/C16H19FN2OS/c1-9(2)12-4-3-7-19(12)16(20)15-14(18)11-8-10(17)5-6-13(11)21-15/h5-6,8-9,12H,3-4,7,18H2,1-2H3. The zero-order chi connectivity index (χ0) is 15.1. The molecule has 2 aromatic rings. The van der Waals surface area contributed by atoms with Crippen LogP contribution in [-0.4, -0.2) is 23.4 Å². The molecule has 1 amide bonds. The maximum absolute atomic E-state index is 13.3. The van der Waals surface area contributed by atoms with E-state index in [4.69, 9.17) is 5.73 Å². The Labute approximate surface area is 127 Å². The number of carbonyl (C=O) groups excluding carboxylic acids is 1. The van der Waals surface area contributed by atoms with E-state index in [0.29, 0.717) is 21.9 Å². The van der Waals surface area contributed by atoms with Crippen molar-refractivity contribution in [3.63, 3.8) is 0 Å². The molecule has 1 aliphatic heterocycles. The first-order chi connectivity index (χ1) is 9.99. The Morgan fingerprint density at radius 3 is 2.95 bits per heavy atom. The third kappa shape index (κ3) is 2.39. The molecule has 1 saturated heterocycles. The highest BCUT2D eigenvalue weighted by atomic mass is 32.1. The molecule has 5 heteroatoms. The first kappa shape index (κ1) is 14.3. The first-order valence-electron chi connectivity index (χ1n) is 7.27. The maximum Gasteiger partial charge on any atom is 0.266 e. The van der Waals surface area contributed by atoms with Gasteiger partial charge in [-0.2, -0.15) is 0 Å². The number of nitrogens with zero attached hydrogens (tertiary/aromatic N) is 1. The lowest BCUT2D eigenvalue weighted by atomic mass is 10.0. The van der Waals surface area contributed by atoms with E-state index in [9.17, 15) is 9.18 Å². The summed E-state index contributed by atoms with van der Waals surface area (Å²) in [5, 5.41) is 0.642. The molecule has 0 spiro atoms. The average Bonchev–Trinajstić information content (AvgIpc) is 3.04. The van der Waals surface area contributed by atoms with Crippen molar-refractivity contribution in [1.82, 2.24) is 4.90 Å². The van der Waals surface area contributed by atoms with Crippen LogP contribution in [0.3, 0.4) is 0 Å². The number of hydrogen-bond acceptors (Lipinski definition) is 3. The number of hydrogen-bond donors (Lipinski definition) is 1. The number of anilines is 1. The monoisotopic (exact) mass is 306 g/mol. The predicted octanol–water partition coefficient (Wildman–Crippen LogP) is 3.88. The van der Waals surface area contributed by atoms with Gasteiger partial charge in [-0.05, 0) is 37.0 Å². The Hall–Kier alpha value is -1.62. The molecule has 1 aromatic carbocycles. The summed E-state index contributed by atoms with van der Waals surface area (Å²) in [6, 6.07) is 4.77. The van der Waals surface area contributed by atoms with Crippen LogP contribution >= 0.6 is 11.3 Å². The van der Waals surface area contributed by atoms with Crippen LogP contribution in [0, 0.1) is 11.7 Å². The van der Waals surface area contributed by atoms with E-state index in [-0.39, 0.29) is 17.8 Å². The molecule has 1 unspecified atom stereocenters. The van der Waals surface area contributed by atoms with Crippen LogP contribution in [0.5, 0.6) is 0 Å². The van der Waals surface area contributed by atoms with Crippen LogP contribution in [-0.2, 0) is 0 Å². The number of rotatable bonds is 2. The number of nitrogens with two attached hydrogens (primary N) is 1. The molecule has 2 heterocycles. The normalized spacial score (nSPS) is 18.9. The van der Waals surface area contributed by atoms with E-state index < -0.39 is 0 Å². The second-order valence-electron chi connectivity index (χ2n) is 5.94. The Balaban J connectivity index is 2.00. The number of amides is 1. The minimum atomic E-state index is -0.327. The van der Waals surface area contributed by atoms with Gasteiger partial charge in [0.1, 0.15) is 10.7 Å². The van der Waals surface area contributed by atoms with E-state index in [1.165, 1.54) is 23.5 Å². The lowest BCUT2D eigenvalue weighted by molar-refractivity contribution is 0.0707. The average molecular weight is 306 g/mol. The second-order valence-corrected chi connectivity index (χ2v) is 6.99. The molecular formula is C16H19FN2OS. The molecule has 112 valence electrons. The van der Waals surface area contributed by atoms with Gasteiger partial charge in [0, 0.05) is 22.7 Å². The van der Waals surface area contributed by atoms with Gasteiger partial charge in [-0.1, -0.05) is 13.8 Å². The molecule has 0 aliphatic carbocycles. The number of benzene rings is 1. The fourth-order valence-corrected chi connectivity index (χ4v) is 4.18. The molecule has 2 N–H and O–H groups in total. The fourth-order valence-electron chi connectivity index (χ4n) is 3.12. The summed E-state index contributed by atoms with van der Waals surface area (Å²) >= 11 is 1.36. The Bertz CT molecular complexity index is 695. The molecule has 0 saturated carbocycles. The van der Waals surface area contributed by atoms with Crippen molar-refractivity contribution in [3.8, 4) is 0 Å². The molecule has 0 radical (unpaired) electrons. The van der Waals surface area contributed by atoms with Gasteiger partial charge in [-0.25, -0.2) is 4.39 Å². The summed E-state index contributed by atoms with van der Waals surface area (Å²) in [5.41, 5.74) is 6.51. The first-order valence-corrected chi connectivity index (χ1v) is 8.09. The van der Waals surface area contributed by atoms with E-state index in [0.717, 1.165) is 24.1 Å². The van der Waals surface area contributed by atoms with Crippen LogP contribution in [0.25, 0.3) is 10.1 Å². The second kappa shape index (κ2) is 5.30. The SMILES string of the molecule is CC(C)C1CCCN1C(=O)c1sc2ccc(F)cc2c1N. The molecule has 3 rings (SSSR count). The van der Waals surface area contributed by atoms with Crippen LogP contribution in [0.4, 0.5) is 10.1 Å². The fraction of sp³-hybridized carbons (Fsp3) is 0.438. The summed E-state index contributed by atoms with van der Waals surface area (Å²) in [6.07, 6.45) is 2.08. The van der Waals surface area contributed by atoms with Gasteiger partial charge in [0.15, 0.2) is 0 Å². The Morgan fingerprint density at radius 2 is 2.24 bits per heavy atom. The van der Waals surface area contributed by atoms with Crippen molar-refractivity contribution in [2.45, 2.75) is 32.7 Å². The van der Waals surface area contributed by atoms with Crippen molar-refractivity contribution in [2.75, 3.05) is 12.3 Å². The van der Waals surface area contributed by atoms with Crippen molar-refractivity contribution in [3.05, 3.63) is 28.9 Å². The van der Waals surface area contributed by atoms with Gasteiger partial charge in [-0.3, -0.25) is 4.79 Å². The van der Waals surface area contributed by atoms with Crippen molar-refractivity contribution in [1.29, 1.82) is 0 Å². The van der Waals surface area contributed by atoms with Crippen LogP contribution < -0.4 is 5.73 Å². The zero-order valence-electron chi connectivity index (χ0n) is 12.2. The minimum Gasteiger partial charge on any atom is -0.397 e. The third-order valence-corrected chi connectivity index (χ3v) is 5.39. The maximum atomic E-state index is 13.3. The number of carbonyl (C=O) groups is 1. The van der Waals surface area contributed by atoms with Gasteiger partial charge >= 0.3 is 0 Å². The molecule has 1 aromatic heterocycles. The summed E-state index contributed by atoms with van der Waals surface area (Å²) in [6.45, 7) is 5.06. The Kier molecular flexibility index (Phi) is 3.61. The van der Waals surface area contributed by atoms with Crippen LogP contribution in [0.2, 0.25) is 0 Å². The topological polar surface area (TPSA) is 46.3 Å². The molecule has 0 bridgehead atoms. The third-order valence-electron chi connectivity index (χ3n) is 4.21. The summed E-state index contributed by atoms with van der Waals surface area (Å²) in [5.74, 6) is 0.0991. The summed E-state index contributed by atoms with van der Waals surface area (Å²) in [4.78, 5) is 15.3. The number of halogens is 1. The van der Waals surface area contributed by atoms with E-state index >= 15 is 0 Å². The van der Waals surface area contributed by atoms with E-state index in [1.807, 2.05) is 4.90 Å². The van der Waals surface area contributed by atoms with Crippen molar-refractivity contribution < 1.29 is 9.18 Å². The van der Waals surface area contributed by atoms with Crippen LogP contribution in [0.15, 0.2) is 18.2 Å². The van der Waals surface area contributed by atoms with Gasteiger partial charge in [0.2, 0.25) is 0 Å². The molecule has 1 atom stereocenters. The molecule has 1 aliphatic rings. The van der Waals surface area contributed by atoms with Crippen molar-refractivity contribution in [2.24, 2.45) is 5.92 Å². The zero-order valence-corrected chi connectivity index (χ0v) is 13.0. The highest BCUT2D eigenvalue weighted by Gasteiger charge is 2.33.